The van der Waals surface area contributed by atoms with Gasteiger partial charge in [-0.15, -0.1) is 0 Å². The summed E-state index contributed by atoms with van der Waals surface area (Å²) in [6.07, 6.45) is 3.50. The minimum absolute atomic E-state index is 0.0187. The van der Waals surface area contributed by atoms with E-state index < -0.39 is 5.41 Å². The van der Waals surface area contributed by atoms with Crippen molar-refractivity contribution in [1.29, 1.82) is 0 Å². The molecule has 1 atom stereocenters. The van der Waals surface area contributed by atoms with Crippen LogP contribution in [0.4, 0.5) is 0 Å². The van der Waals surface area contributed by atoms with E-state index in [1.54, 1.807) is 7.11 Å². The van der Waals surface area contributed by atoms with Gasteiger partial charge in [0, 0.05) is 36.1 Å². The summed E-state index contributed by atoms with van der Waals surface area (Å²) in [6.45, 7) is 4.91. The van der Waals surface area contributed by atoms with Crippen LogP contribution in [0.2, 0.25) is 0 Å². The zero-order chi connectivity index (χ0) is 20.9. The number of benzene rings is 2. The van der Waals surface area contributed by atoms with Gasteiger partial charge in [-0.05, 0) is 42.2 Å². The second kappa shape index (κ2) is 9.14. The molecule has 1 amide bonds. The van der Waals surface area contributed by atoms with Crippen LogP contribution < -0.4 is 15.8 Å². The molecule has 0 radical (unpaired) electrons. The van der Waals surface area contributed by atoms with Crippen LogP contribution in [0.1, 0.15) is 43.7 Å². The van der Waals surface area contributed by atoms with Crippen molar-refractivity contribution in [3.8, 4) is 5.75 Å². The summed E-state index contributed by atoms with van der Waals surface area (Å²) in [4.78, 5) is 16.4. The van der Waals surface area contributed by atoms with Crippen LogP contribution in [0, 0.1) is 5.41 Å². The molecule has 0 aliphatic carbocycles. The number of fused-ring (bicyclic) bond motifs is 1. The Morgan fingerprint density at radius 3 is 2.45 bits per heavy atom. The molecular weight excluding hydrogens is 362 g/mol. The fraction of sp³-hybridized carbons (Fsp3) is 0.375. The third-order valence-electron chi connectivity index (χ3n) is 6.21. The van der Waals surface area contributed by atoms with Crippen LogP contribution in [0.3, 0.4) is 0 Å². The van der Waals surface area contributed by atoms with Crippen molar-refractivity contribution >= 4 is 16.8 Å². The van der Waals surface area contributed by atoms with E-state index in [-0.39, 0.29) is 11.8 Å². The predicted molar refractivity (Wildman–Crippen MR) is 118 cm³/mol. The molecule has 1 unspecified atom stereocenters. The van der Waals surface area contributed by atoms with E-state index in [0.29, 0.717) is 13.1 Å². The number of methoxy groups -OCH3 is 1. The summed E-state index contributed by atoms with van der Waals surface area (Å²) in [6, 6.07) is 16.3. The van der Waals surface area contributed by atoms with Crippen molar-refractivity contribution in [2.75, 3.05) is 20.2 Å². The SMILES string of the molecule is CCC(CC)(CN)C(=O)NCC(c1ccc(OC)cc1)c1c[nH]c2ccccc12. The number of hydrogen-bond acceptors (Lipinski definition) is 3. The lowest BCUT2D eigenvalue weighted by molar-refractivity contribution is -0.131. The Labute approximate surface area is 172 Å². The van der Waals surface area contributed by atoms with E-state index >= 15 is 0 Å². The van der Waals surface area contributed by atoms with E-state index in [1.807, 2.05) is 44.3 Å². The smallest absolute Gasteiger partial charge is 0.227 e. The zero-order valence-electron chi connectivity index (χ0n) is 17.5. The Hall–Kier alpha value is -2.79. The van der Waals surface area contributed by atoms with Crippen LogP contribution in [-0.2, 0) is 4.79 Å². The monoisotopic (exact) mass is 393 g/mol. The number of nitrogens with one attached hydrogen (secondary N) is 2. The first kappa shape index (κ1) is 20.9. The van der Waals surface area contributed by atoms with Gasteiger partial charge < -0.3 is 20.8 Å². The molecule has 1 aromatic heterocycles. The second-order valence-corrected chi connectivity index (χ2v) is 7.52. The van der Waals surface area contributed by atoms with E-state index in [4.69, 9.17) is 10.5 Å². The van der Waals surface area contributed by atoms with Gasteiger partial charge in [0.2, 0.25) is 5.91 Å². The van der Waals surface area contributed by atoms with Crippen LogP contribution in [0.15, 0.2) is 54.7 Å². The number of hydrogen-bond donors (Lipinski definition) is 3. The molecule has 154 valence electrons. The van der Waals surface area contributed by atoms with Crippen LogP contribution in [-0.4, -0.2) is 31.1 Å². The number of rotatable bonds is 9. The van der Waals surface area contributed by atoms with Crippen LogP contribution >= 0.6 is 0 Å². The van der Waals surface area contributed by atoms with Gasteiger partial charge in [-0.1, -0.05) is 44.2 Å². The number of para-hydroxylation sites is 1. The van der Waals surface area contributed by atoms with Gasteiger partial charge in [-0.3, -0.25) is 4.79 Å². The fourth-order valence-electron chi connectivity index (χ4n) is 3.96. The number of carbonyl (C=O) groups excluding carboxylic acids is 1. The summed E-state index contributed by atoms with van der Waals surface area (Å²) >= 11 is 0. The lowest BCUT2D eigenvalue weighted by Crippen LogP contribution is -2.46. The number of nitrogens with two attached hydrogens (primary N) is 1. The summed E-state index contributed by atoms with van der Waals surface area (Å²) in [5, 5.41) is 4.36. The molecule has 0 saturated carbocycles. The minimum atomic E-state index is -0.509. The van der Waals surface area contributed by atoms with E-state index in [0.717, 1.165) is 35.2 Å². The quantitative estimate of drug-likeness (QED) is 0.510. The van der Waals surface area contributed by atoms with Crippen LogP contribution in [0.25, 0.3) is 10.9 Å². The second-order valence-electron chi connectivity index (χ2n) is 7.52. The Kier molecular flexibility index (Phi) is 6.60. The van der Waals surface area contributed by atoms with Gasteiger partial charge in [-0.25, -0.2) is 0 Å². The summed E-state index contributed by atoms with van der Waals surface area (Å²) < 4.78 is 5.31. The first-order valence-electron chi connectivity index (χ1n) is 10.3. The first-order valence-corrected chi connectivity index (χ1v) is 10.3. The molecule has 0 fully saturated rings. The summed E-state index contributed by atoms with van der Waals surface area (Å²) in [5.41, 5.74) is 8.84. The van der Waals surface area contributed by atoms with E-state index in [1.165, 1.54) is 5.39 Å². The first-order chi connectivity index (χ1) is 14.1. The largest absolute Gasteiger partial charge is 0.497 e. The molecule has 3 rings (SSSR count). The molecule has 5 heteroatoms. The van der Waals surface area contributed by atoms with Crippen molar-refractivity contribution in [3.63, 3.8) is 0 Å². The number of aromatic nitrogens is 1. The molecule has 0 bridgehead atoms. The zero-order valence-corrected chi connectivity index (χ0v) is 17.5. The Morgan fingerprint density at radius 1 is 1.14 bits per heavy atom. The molecule has 0 aliphatic rings. The normalized spacial score (nSPS) is 12.7. The highest BCUT2D eigenvalue weighted by Crippen LogP contribution is 2.32. The molecule has 2 aromatic carbocycles. The van der Waals surface area contributed by atoms with Gasteiger partial charge in [0.1, 0.15) is 5.75 Å². The van der Waals surface area contributed by atoms with E-state index in [9.17, 15) is 4.79 Å². The molecule has 1 heterocycles. The number of H-pyrrole nitrogens is 1. The van der Waals surface area contributed by atoms with Gasteiger partial charge >= 0.3 is 0 Å². The molecule has 4 N–H and O–H groups in total. The average molecular weight is 394 g/mol. The maximum absolute atomic E-state index is 13.0. The molecule has 5 nitrogen and oxygen atoms in total. The van der Waals surface area contributed by atoms with Gasteiger partial charge in [0.25, 0.3) is 0 Å². The highest BCUT2D eigenvalue weighted by molar-refractivity contribution is 5.85. The Morgan fingerprint density at radius 2 is 1.83 bits per heavy atom. The number of amides is 1. The highest BCUT2D eigenvalue weighted by Gasteiger charge is 2.33. The third kappa shape index (κ3) is 4.15. The van der Waals surface area contributed by atoms with Gasteiger partial charge in [0.15, 0.2) is 0 Å². The molecule has 0 aliphatic heterocycles. The molecule has 0 saturated heterocycles. The maximum Gasteiger partial charge on any atom is 0.227 e. The summed E-state index contributed by atoms with van der Waals surface area (Å²) in [7, 11) is 1.66. The fourth-order valence-corrected chi connectivity index (χ4v) is 3.96. The minimum Gasteiger partial charge on any atom is -0.497 e. The van der Waals surface area contributed by atoms with Crippen molar-refractivity contribution in [3.05, 3.63) is 65.9 Å². The highest BCUT2D eigenvalue weighted by atomic mass is 16.5. The standard InChI is InChI=1S/C24H31N3O2/c1-4-24(5-2,16-25)23(28)27-14-20(17-10-12-18(29-3)13-11-17)21-15-26-22-9-7-6-8-19(21)22/h6-13,15,20,26H,4-5,14,16,25H2,1-3H3,(H,27,28). The number of ether oxygens (including phenoxy) is 1. The Balaban J connectivity index is 1.94. The lowest BCUT2D eigenvalue weighted by Gasteiger charge is -2.29. The Bertz CT molecular complexity index is 934. The lowest BCUT2D eigenvalue weighted by atomic mass is 9.81. The van der Waals surface area contributed by atoms with Crippen molar-refractivity contribution in [2.45, 2.75) is 32.6 Å². The predicted octanol–water partition coefficient (Wildman–Crippen LogP) is 4.19. The molecule has 29 heavy (non-hydrogen) atoms. The maximum atomic E-state index is 13.0. The van der Waals surface area contributed by atoms with Crippen molar-refractivity contribution in [2.24, 2.45) is 11.1 Å². The van der Waals surface area contributed by atoms with Crippen molar-refractivity contribution < 1.29 is 9.53 Å². The van der Waals surface area contributed by atoms with Gasteiger partial charge in [0.05, 0.1) is 12.5 Å². The number of aromatic amines is 1. The topological polar surface area (TPSA) is 80.1 Å². The number of carbonyl (C=O) groups is 1. The van der Waals surface area contributed by atoms with E-state index in [2.05, 4.69) is 34.6 Å². The molecule has 3 aromatic rings. The molecule has 0 spiro atoms. The summed E-state index contributed by atoms with van der Waals surface area (Å²) in [5.74, 6) is 0.864. The van der Waals surface area contributed by atoms with Crippen molar-refractivity contribution in [1.82, 2.24) is 10.3 Å². The average Bonchev–Trinajstić information content (AvgIpc) is 3.20. The molecular formula is C24H31N3O2. The van der Waals surface area contributed by atoms with Crippen LogP contribution in [0.5, 0.6) is 5.75 Å². The van der Waals surface area contributed by atoms with Gasteiger partial charge in [-0.2, -0.15) is 0 Å². The third-order valence-corrected chi connectivity index (χ3v) is 6.21.